The summed E-state index contributed by atoms with van der Waals surface area (Å²) in [5.41, 5.74) is 2.30. The summed E-state index contributed by atoms with van der Waals surface area (Å²) in [4.78, 5) is 11.6. The topological polar surface area (TPSA) is 52.4 Å². The molecule has 26 heavy (non-hydrogen) atoms. The van der Waals surface area contributed by atoms with Crippen LogP contribution in [-0.2, 0) is 29.2 Å². The highest BCUT2D eigenvalue weighted by Crippen LogP contribution is 2.27. The van der Waals surface area contributed by atoms with Crippen LogP contribution in [0.4, 0.5) is 0 Å². The van der Waals surface area contributed by atoms with E-state index in [1.807, 2.05) is 24.5 Å². The second kappa shape index (κ2) is 8.29. The lowest BCUT2D eigenvalue weighted by atomic mass is 10.0. The van der Waals surface area contributed by atoms with Gasteiger partial charge in [0.05, 0.1) is 36.8 Å². The zero-order valence-corrected chi connectivity index (χ0v) is 15.5. The van der Waals surface area contributed by atoms with Crippen molar-refractivity contribution in [2.24, 2.45) is 5.92 Å². The van der Waals surface area contributed by atoms with Crippen molar-refractivity contribution in [3.05, 3.63) is 47.8 Å². The Bertz CT molecular complexity index is 697. The molecule has 1 unspecified atom stereocenters. The number of pyridine rings is 1. The fourth-order valence-electron chi connectivity index (χ4n) is 3.88. The summed E-state index contributed by atoms with van der Waals surface area (Å²) in [5.74, 6) is 1.78. The van der Waals surface area contributed by atoms with Gasteiger partial charge in [0.25, 0.3) is 0 Å². The molecule has 2 aromatic rings. The third-order valence-electron chi connectivity index (χ3n) is 5.54. The van der Waals surface area contributed by atoms with Gasteiger partial charge in [0.15, 0.2) is 0 Å². The number of aromatic nitrogens is 3. The molecular formula is C20H28N4O2. The Morgan fingerprint density at radius 2 is 2.08 bits per heavy atom. The van der Waals surface area contributed by atoms with Crippen molar-refractivity contribution in [3.63, 3.8) is 0 Å². The van der Waals surface area contributed by atoms with Gasteiger partial charge in [-0.25, -0.2) is 4.98 Å². The highest BCUT2D eigenvalue weighted by Gasteiger charge is 2.27. The van der Waals surface area contributed by atoms with Crippen LogP contribution < -0.4 is 0 Å². The lowest BCUT2D eigenvalue weighted by molar-refractivity contribution is 0.0139. The standard InChI is InChI=1S/C20H28N4O2/c1-16-20-22-12-19(15-26-14-17-5-10-25-11-6-17)24(20)9-8-23(16)13-18-4-2-3-7-21-18/h2-4,7,12,16-17H,5-6,8-11,13-15H2,1H3. The first kappa shape index (κ1) is 17.6. The van der Waals surface area contributed by atoms with E-state index < -0.39 is 0 Å². The summed E-state index contributed by atoms with van der Waals surface area (Å²) in [6.07, 6.45) is 6.08. The summed E-state index contributed by atoms with van der Waals surface area (Å²) in [5, 5.41) is 0. The molecule has 140 valence electrons. The van der Waals surface area contributed by atoms with Gasteiger partial charge in [-0.1, -0.05) is 6.07 Å². The van der Waals surface area contributed by atoms with E-state index in [1.54, 1.807) is 0 Å². The normalized spacial score (nSPS) is 21.7. The minimum Gasteiger partial charge on any atom is -0.381 e. The number of nitrogens with zero attached hydrogens (tertiary/aromatic N) is 4. The maximum absolute atomic E-state index is 6.00. The maximum Gasteiger partial charge on any atom is 0.126 e. The lowest BCUT2D eigenvalue weighted by Crippen LogP contribution is -2.37. The van der Waals surface area contributed by atoms with Gasteiger partial charge < -0.3 is 14.0 Å². The average Bonchev–Trinajstić information content (AvgIpc) is 3.10. The van der Waals surface area contributed by atoms with E-state index in [0.717, 1.165) is 63.8 Å². The summed E-state index contributed by atoms with van der Waals surface area (Å²) < 4.78 is 13.8. The van der Waals surface area contributed by atoms with E-state index in [9.17, 15) is 0 Å². The van der Waals surface area contributed by atoms with E-state index in [0.29, 0.717) is 12.5 Å². The second-order valence-electron chi connectivity index (χ2n) is 7.30. The molecule has 0 saturated carbocycles. The number of ether oxygens (including phenoxy) is 2. The molecule has 6 nitrogen and oxygen atoms in total. The van der Waals surface area contributed by atoms with Crippen LogP contribution in [0.15, 0.2) is 30.6 Å². The predicted molar refractivity (Wildman–Crippen MR) is 98.5 cm³/mol. The summed E-state index contributed by atoms with van der Waals surface area (Å²) >= 11 is 0. The Hall–Kier alpha value is -1.76. The van der Waals surface area contributed by atoms with Crippen molar-refractivity contribution in [1.29, 1.82) is 0 Å². The van der Waals surface area contributed by atoms with Crippen LogP contribution in [0.25, 0.3) is 0 Å². The van der Waals surface area contributed by atoms with Crippen molar-refractivity contribution in [2.75, 3.05) is 26.4 Å². The van der Waals surface area contributed by atoms with E-state index in [-0.39, 0.29) is 6.04 Å². The molecule has 1 saturated heterocycles. The molecule has 0 N–H and O–H groups in total. The first-order valence-corrected chi connectivity index (χ1v) is 9.65. The van der Waals surface area contributed by atoms with Crippen LogP contribution >= 0.6 is 0 Å². The number of hydrogen-bond donors (Lipinski definition) is 0. The monoisotopic (exact) mass is 356 g/mol. The molecule has 4 heterocycles. The van der Waals surface area contributed by atoms with Crippen LogP contribution in [0.5, 0.6) is 0 Å². The van der Waals surface area contributed by atoms with Crippen molar-refractivity contribution < 1.29 is 9.47 Å². The molecule has 2 aliphatic heterocycles. The molecule has 6 heteroatoms. The van der Waals surface area contributed by atoms with Crippen molar-refractivity contribution >= 4 is 0 Å². The molecule has 2 aliphatic rings. The SMILES string of the molecule is CC1c2ncc(COCC3CCOCC3)n2CCN1Cc1ccccn1. The van der Waals surface area contributed by atoms with Crippen molar-refractivity contribution in [3.8, 4) is 0 Å². The van der Waals surface area contributed by atoms with Gasteiger partial charge in [-0.05, 0) is 37.8 Å². The Labute approximate surface area is 155 Å². The zero-order chi connectivity index (χ0) is 17.8. The number of imidazole rings is 1. The van der Waals surface area contributed by atoms with Crippen molar-refractivity contribution in [2.45, 2.75) is 45.5 Å². The van der Waals surface area contributed by atoms with Gasteiger partial charge in [-0.3, -0.25) is 9.88 Å². The van der Waals surface area contributed by atoms with Crippen LogP contribution in [0.2, 0.25) is 0 Å². The summed E-state index contributed by atoms with van der Waals surface area (Å²) in [6, 6.07) is 6.38. The van der Waals surface area contributed by atoms with Gasteiger partial charge >= 0.3 is 0 Å². The minimum absolute atomic E-state index is 0.287. The van der Waals surface area contributed by atoms with Gasteiger partial charge in [-0.15, -0.1) is 0 Å². The van der Waals surface area contributed by atoms with Crippen LogP contribution in [0, 0.1) is 5.92 Å². The molecular weight excluding hydrogens is 328 g/mol. The van der Waals surface area contributed by atoms with Gasteiger partial charge in [-0.2, -0.15) is 0 Å². The third kappa shape index (κ3) is 3.98. The Kier molecular flexibility index (Phi) is 5.62. The summed E-state index contributed by atoms with van der Waals surface area (Å²) in [7, 11) is 0. The second-order valence-corrected chi connectivity index (χ2v) is 7.30. The van der Waals surface area contributed by atoms with Crippen LogP contribution in [0.3, 0.4) is 0 Å². The Balaban J connectivity index is 1.34. The highest BCUT2D eigenvalue weighted by atomic mass is 16.5. The highest BCUT2D eigenvalue weighted by molar-refractivity contribution is 5.12. The molecule has 0 aliphatic carbocycles. The first-order chi connectivity index (χ1) is 12.8. The molecule has 1 fully saturated rings. The molecule has 4 rings (SSSR count). The average molecular weight is 356 g/mol. The molecule has 0 aromatic carbocycles. The minimum atomic E-state index is 0.287. The fourth-order valence-corrected chi connectivity index (χ4v) is 3.88. The third-order valence-corrected chi connectivity index (χ3v) is 5.54. The van der Waals surface area contributed by atoms with Gasteiger partial charge in [0, 0.05) is 39.0 Å². The Morgan fingerprint density at radius 1 is 1.19 bits per heavy atom. The summed E-state index contributed by atoms with van der Waals surface area (Å²) in [6.45, 7) is 8.29. The van der Waals surface area contributed by atoms with Gasteiger partial charge in [0.1, 0.15) is 5.82 Å². The molecule has 0 spiro atoms. The molecule has 0 radical (unpaired) electrons. The fraction of sp³-hybridized carbons (Fsp3) is 0.600. The lowest BCUT2D eigenvalue weighted by Gasteiger charge is -2.34. The number of rotatable bonds is 6. The maximum atomic E-state index is 6.00. The quantitative estimate of drug-likeness (QED) is 0.797. The molecule has 1 atom stereocenters. The number of hydrogen-bond acceptors (Lipinski definition) is 5. The van der Waals surface area contributed by atoms with Gasteiger partial charge in [0.2, 0.25) is 0 Å². The smallest absolute Gasteiger partial charge is 0.126 e. The Morgan fingerprint density at radius 3 is 2.88 bits per heavy atom. The predicted octanol–water partition coefficient (Wildman–Crippen LogP) is 2.80. The van der Waals surface area contributed by atoms with Crippen LogP contribution in [0.1, 0.15) is 43.0 Å². The van der Waals surface area contributed by atoms with E-state index >= 15 is 0 Å². The first-order valence-electron chi connectivity index (χ1n) is 9.65. The van der Waals surface area contributed by atoms with Crippen LogP contribution in [-0.4, -0.2) is 45.8 Å². The molecule has 0 amide bonds. The molecule has 0 bridgehead atoms. The van der Waals surface area contributed by atoms with Crippen molar-refractivity contribution in [1.82, 2.24) is 19.4 Å². The number of fused-ring (bicyclic) bond motifs is 1. The largest absolute Gasteiger partial charge is 0.381 e. The molecule has 2 aromatic heterocycles. The van der Waals surface area contributed by atoms with E-state index in [2.05, 4.69) is 27.4 Å². The zero-order valence-electron chi connectivity index (χ0n) is 15.5. The van der Waals surface area contributed by atoms with E-state index in [1.165, 1.54) is 5.69 Å². The van der Waals surface area contributed by atoms with E-state index in [4.69, 9.17) is 14.5 Å².